The third-order valence-corrected chi connectivity index (χ3v) is 17.7. The average molecular weight is 911 g/mol. The minimum absolute atomic E-state index is 0.0167. The van der Waals surface area contributed by atoms with Crippen LogP contribution in [0.3, 0.4) is 0 Å². The third kappa shape index (κ3) is 23.6. The summed E-state index contributed by atoms with van der Waals surface area (Å²) in [5.74, 6) is -4.75. The van der Waals surface area contributed by atoms with Gasteiger partial charge in [0.25, 0.3) is 20.2 Å². The lowest BCUT2D eigenvalue weighted by Gasteiger charge is -2.26. The second-order valence-corrected chi connectivity index (χ2v) is 23.3. The van der Waals surface area contributed by atoms with E-state index < -0.39 is 118 Å². The summed E-state index contributed by atoms with van der Waals surface area (Å²) in [6.07, 6.45) is -1.75. The Labute approximate surface area is 309 Å². The van der Waals surface area contributed by atoms with E-state index in [0.29, 0.717) is 0 Å². The zero-order valence-corrected chi connectivity index (χ0v) is 36.1. The van der Waals surface area contributed by atoms with Crippen molar-refractivity contribution in [1.82, 2.24) is 0 Å². The number of hydrogen-bond donors (Lipinski definition) is 1. The fourth-order valence-corrected chi connectivity index (χ4v) is 12.7. The first-order chi connectivity index (χ1) is 24.3. The third-order valence-electron chi connectivity index (χ3n) is 7.10. The van der Waals surface area contributed by atoms with Gasteiger partial charge in [-0.05, 0) is 19.3 Å². The molecule has 1 N–H and O–H groups in total. The van der Waals surface area contributed by atoms with Gasteiger partial charge in [-0.3, -0.25) is 40.7 Å². The largest absolute Gasteiger partial charge is 0.469 e. The molecular weight excluding hydrogens is 863 g/mol. The molecule has 0 aliphatic heterocycles. The quantitative estimate of drug-likeness (QED) is 0.0510. The molecule has 0 saturated heterocycles. The van der Waals surface area contributed by atoms with Gasteiger partial charge >= 0.3 is 35.3 Å². The molecule has 0 fully saturated rings. The summed E-state index contributed by atoms with van der Waals surface area (Å²) in [7, 11) is -18.4. The van der Waals surface area contributed by atoms with Crippen molar-refractivity contribution in [3.63, 3.8) is 0 Å². The van der Waals surface area contributed by atoms with Gasteiger partial charge in [0.05, 0.1) is 70.7 Å². The lowest BCUT2D eigenvalue weighted by molar-refractivity contribution is -0.145. The fourth-order valence-electron chi connectivity index (χ4n) is 4.10. The maximum Gasteiger partial charge on any atom is 0.468 e. The number of ether oxygens (including phenoxy) is 2. The number of carbonyl (C=O) groups is 2. The number of esters is 2. The summed E-state index contributed by atoms with van der Waals surface area (Å²) in [6, 6.07) is 0. The zero-order chi connectivity index (χ0) is 41.7. The maximum atomic E-state index is 13.1. The van der Waals surface area contributed by atoms with E-state index in [2.05, 4.69) is 31.4 Å². The minimum Gasteiger partial charge on any atom is -0.469 e. The Balaban J connectivity index is 0. The topological polar surface area (TPSA) is 325 Å². The summed E-state index contributed by atoms with van der Waals surface area (Å²) in [4.78, 5) is 33.7. The van der Waals surface area contributed by atoms with E-state index >= 15 is 0 Å². The van der Waals surface area contributed by atoms with E-state index in [4.69, 9.17) is 9.05 Å². The Morgan fingerprint density at radius 2 is 1.06 bits per heavy atom. The van der Waals surface area contributed by atoms with Gasteiger partial charge in [0.15, 0.2) is 0 Å². The van der Waals surface area contributed by atoms with Gasteiger partial charge < -0.3 is 27.9 Å². The highest BCUT2D eigenvalue weighted by atomic mass is 32.2. The van der Waals surface area contributed by atoms with Crippen LogP contribution < -0.4 is 0 Å². The lowest BCUT2D eigenvalue weighted by Crippen LogP contribution is -2.27. The van der Waals surface area contributed by atoms with Gasteiger partial charge in [0.2, 0.25) is 14.7 Å². The van der Waals surface area contributed by atoms with E-state index in [-0.39, 0.29) is 38.2 Å². The van der Waals surface area contributed by atoms with Crippen LogP contribution in [0, 0.1) is 11.8 Å². The zero-order valence-electron chi connectivity index (χ0n) is 30.0. The van der Waals surface area contributed by atoms with Crippen molar-refractivity contribution >= 4 is 70.3 Å². The average Bonchev–Trinajstić information content (AvgIpc) is 3.11. The number of hydrogen-bond acceptors (Lipinski definition) is 22. The Morgan fingerprint density at radius 3 is 1.40 bits per heavy atom. The van der Waals surface area contributed by atoms with Crippen molar-refractivity contribution in [3.8, 4) is 0 Å². The molecule has 0 heterocycles. The molecule has 314 valence electrons. The van der Waals surface area contributed by atoms with Gasteiger partial charge in [-0.25, -0.2) is 18.3 Å². The van der Waals surface area contributed by atoms with Crippen LogP contribution in [-0.2, 0) is 102 Å². The molecule has 0 aliphatic carbocycles. The fraction of sp³-hybridized carbons (Fsp3) is 0.913. The molecule has 0 spiro atoms. The lowest BCUT2D eigenvalue weighted by atomic mass is 10.1. The van der Waals surface area contributed by atoms with Crippen LogP contribution >= 0.6 is 38.1 Å². The Bertz CT molecular complexity index is 1640. The molecule has 0 rings (SSSR count). The summed E-state index contributed by atoms with van der Waals surface area (Å²) in [5, 5.41) is 0. The van der Waals surface area contributed by atoms with Crippen LogP contribution in [0.5, 0.6) is 0 Å². The first kappa shape index (κ1) is 54.1. The van der Waals surface area contributed by atoms with Crippen molar-refractivity contribution in [2.45, 2.75) is 24.9 Å². The van der Waals surface area contributed by atoms with Crippen LogP contribution in [0.1, 0.15) is 19.3 Å². The van der Waals surface area contributed by atoms with Crippen LogP contribution in [0.15, 0.2) is 0 Å². The number of carbonyl (C=O) groups excluding carboxylic acids is 2. The van der Waals surface area contributed by atoms with Gasteiger partial charge in [-0.2, -0.15) is 16.8 Å². The molecule has 6 unspecified atom stereocenters. The highest BCUT2D eigenvalue weighted by molar-refractivity contribution is 7.86. The highest BCUT2D eigenvalue weighted by Crippen LogP contribution is 2.57. The Morgan fingerprint density at radius 1 is 0.642 bits per heavy atom. The summed E-state index contributed by atoms with van der Waals surface area (Å²) in [6.45, 7) is -0.971. The normalized spacial score (nSPS) is 17.0. The van der Waals surface area contributed by atoms with Crippen LogP contribution in [-0.4, -0.2) is 138 Å². The van der Waals surface area contributed by atoms with Crippen molar-refractivity contribution in [1.29, 1.82) is 0 Å². The van der Waals surface area contributed by atoms with E-state index in [0.717, 1.165) is 42.7 Å². The molecule has 0 aliphatic rings. The van der Waals surface area contributed by atoms with Crippen molar-refractivity contribution in [2.24, 2.45) is 11.8 Å². The predicted octanol–water partition coefficient (Wildman–Crippen LogP) is 2.93. The van der Waals surface area contributed by atoms with Crippen molar-refractivity contribution in [3.05, 3.63) is 0 Å². The van der Waals surface area contributed by atoms with E-state index in [1.165, 1.54) is 7.11 Å². The number of rotatable bonds is 28. The molecule has 0 aromatic carbocycles. The smallest absolute Gasteiger partial charge is 0.468 e. The van der Waals surface area contributed by atoms with Gasteiger partial charge in [-0.1, -0.05) is 0 Å². The monoisotopic (exact) mass is 910 g/mol. The van der Waals surface area contributed by atoms with E-state index in [9.17, 15) is 63.3 Å². The molecule has 53 heavy (non-hydrogen) atoms. The SMILES string of the molecule is COC(=O)C(CCS(=O)(=O)OC)CP(=O)(CC(COP(=O)=O)P(=O)(O)OC)OC.COC(=O)C(CCS(=O)(=O)OC)CP(=O)(CCCOP(=O)=O)OC. The number of methoxy groups -OCH3 is 2. The van der Waals surface area contributed by atoms with Crippen LogP contribution in [0.2, 0.25) is 0 Å². The minimum atomic E-state index is -4.45. The molecule has 0 aromatic rings. The standard InChI is InChI=1S/C12H25O13P3S.C11H22O10P2S/c1-21-12(13)10(5-6-29(19,20)24-4)8-27(16,22-2)9-11(7-25-26(14)15)28(17,18)23-3;1-18-11(12)10(5-8-24(16,17)20-3)9-23(15,19-2)7-4-6-21-22(13)14/h10-11H,5-9H2,1-4H3,(H,17,18);10H,4-9H2,1-3H3. The molecule has 23 nitrogen and oxygen atoms in total. The molecule has 0 amide bonds. The molecule has 30 heteroatoms. The molecule has 0 saturated carbocycles. The summed E-state index contributed by atoms with van der Waals surface area (Å²) >= 11 is 0. The molecule has 0 radical (unpaired) electrons. The Kier molecular flexibility index (Phi) is 26.6. The van der Waals surface area contributed by atoms with Gasteiger partial charge in [0.1, 0.15) is 0 Å². The second kappa shape index (κ2) is 26.0. The van der Waals surface area contributed by atoms with Gasteiger partial charge in [0, 0.05) is 46.0 Å². The first-order valence-electron chi connectivity index (χ1n) is 14.8. The second-order valence-electron chi connectivity index (χ2n) is 10.5. The predicted molar refractivity (Wildman–Crippen MR) is 184 cm³/mol. The molecule has 6 atom stereocenters. The van der Waals surface area contributed by atoms with Gasteiger partial charge in [-0.15, -0.1) is 0 Å². The maximum absolute atomic E-state index is 13.1. The van der Waals surface area contributed by atoms with Crippen molar-refractivity contribution < 1.29 is 104 Å². The van der Waals surface area contributed by atoms with E-state index in [1.54, 1.807) is 0 Å². The first-order valence-corrected chi connectivity index (χ1v) is 25.8. The Hall–Kier alpha value is -0.990. The molecule has 0 aromatic heterocycles. The molecular formula is C23H47O23P5S2. The van der Waals surface area contributed by atoms with Crippen molar-refractivity contribution in [2.75, 3.05) is 99.1 Å². The van der Waals surface area contributed by atoms with Crippen LogP contribution in [0.25, 0.3) is 0 Å². The van der Waals surface area contributed by atoms with Crippen LogP contribution in [0.4, 0.5) is 0 Å². The summed E-state index contributed by atoms with van der Waals surface area (Å²) in [5.41, 5.74) is -1.55. The highest BCUT2D eigenvalue weighted by Gasteiger charge is 2.41. The van der Waals surface area contributed by atoms with E-state index in [1.807, 2.05) is 0 Å². The summed E-state index contributed by atoms with van der Waals surface area (Å²) < 4.78 is 166. The molecule has 0 bridgehead atoms.